The molecule has 0 radical (unpaired) electrons. The Bertz CT molecular complexity index is 981. The van der Waals surface area contributed by atoms with E-state index in [0.29, 0.717) is 13.0 Å². The van der Waals surface area contributed by atoms with E-state index in [4.69, 9.17) is 19.0 Å². The topological polar surface area (TPSA) is 76.0 Å². The molecule has 0 bridgehead atoms. The number of benzene rings is 3. The van der Waals surface area contributed by atoms with Crippen molar-refractivity contribution in [3.05, 3.63) is 78.4 Å². The van der Waals surface area contributed by atoms with E-state index in [0.717, 1.165) is 22.1 Å². The smallest absolute Gasteiger partial charge is 0.474 e. The molecule has 7 heteroatoms. The minimum absolute atomic E-state index is 0.0577. The second kappa shape index (κ2) is 9.08. The highest BCUT2D eigenvalue weighted by Gasteiger charge is 2.32. The lowest BCUT2D eigenvalue weighted by molar-refractivity contribution is -0.936. The van der Waals surface area contributed by atoms with Crippen LogP contribution in [-0.2, 0) is 9.09 Å². The average Bonchev–Trinajstić information content (AvgIpc) is 2.70. The number of phosphoric acid groups is 1. The summed E-state index contributed by atoms with van der Waals surface area (Å²) in [5, 5.41) is 2.18. The lowest BCUT2D eigenvalue weighted by Crippen LogP contribution is -2.45. The van der Waals surface area contributed by atoms with Crippen LogP contribution in [0.5, 0.6) is 5.75 Å². The summed E-state index contributed by atoms with van der Waals surface area (Å²) in [7, 11) is -0.753. The number of hydrogen-bond acceptors (Lipinski definition) is 3. The molecule has 0 saturated carbocycles. The van der Waals surface area contributed by atoms with Crippen molar-refractivity contribution in [3.8, 4) is 5.75 Å². The van der Waals surface area contributed by atoms with Crippen LogP contribution in [0.3, 0.4) is 0 Å². The fourth-order valence-corrected chi connectivity index (χ4v) is 3.96. The first-order chi connectivity index (χ1) is 13.8. The van der Waals surface area contributed by atoms with Gasteiger partial charge in [0.25, 0.3) is 0 Å². The lowest BCUT2D eigenvalue weighted by atomic mass is 10.0. The van der Waals surface area contributed by atoms with Crippen molar-refractivity contribution in [3.63, 3.8) is 0 Å². The molecule has 0 aliphatic rings. The van der Waals surface area contributed by atoms with Gasteiger partial charge in [0, 0.05) is 17.4 Å². The van der Waals surface area contributed by atoms with Crippen LogP contribution in [0.15, 0.2) is 72.8 Å². The van der Waals surface area contributed by atoms with Gasteiger partial charge in [0.1, 0.15) is 11.8 Å². The molecule has 2 N–H and O–H groups in total. The molecule has 3 aromatic rings. The van der Waals surface area contributed by atoms with Crippen molar-refractivity contribution < 1.29 is 28.1 Å². The molecule has 0 aliphatic carbocycles. The van der Waals surface area contributed by atoms with Crippen LogP contribution in [0.25, 0.3) is 10.8 Å². The van der Waals surface area contributed by atoms with E-state index < -0.39 is 7.82 Å². The standard InChI is InChI=1S/C22H26NO5P/c1-23(2,17-28-29(24,25)26)21(19-10-4-3-5-11-19)15-16-27-22-14-8-12-18-9-6-7-13-20(18)22/h3-14,21H,15-17H2,1-2H3,(H-,24,25,26)/p+1/t21-/m0/s1. The van der Waals surface area contributed by atoms with Crippen LogP contribution < -0.4 is 4.74 Å². The molecule has 3 aromatic carbocycles. The Hall–Kier alpha value is -2.21. The molecule has 3 rings (SSSR count). The second-order valence-electron chi connectivity index (χ2n) is 7.57. The summed E-state index contributed by atoms with van der Waals surface area (Å²) < 4.78 is 22.4. The SMILES string of the molecule is C[N+](C)(COP(=O)(O)O)[C@@H](CCOc1cccc2ccccc12)c1ccccc1. The zero-order valence-corrected chi connectivity index (χ0v) is 17.5. The van der Waals surface area contributed by atoms with Crippen LogP contribution in [0, 0.1) is 0 Å². The molecule has 0 aliphatic heterocycles. The van der Waals surface area contributed by atoms with Gasteiger partial charge in [-0.05, 0) is 11.5 Å². The van der Waals surface area contributed by atoms with Crippen molar-refractivity contribution in [1.29, 1.82) is 0 Å². The molecule has 0 unspecified atom stereocenters. The van der Waals surface area contributed by atoms with Crippen molar-refractivity contribution >= 4 is 18.6 Å². The maximum absolute atomic E-state index is 11.2. The number of ether oxygens (including phenoxy) is 1. The van der Waals surface area contributed by atoms with E-state index in [1.54, 1.807) is 0 Å². The van der Waals surface area contributed by atoms with Crippen molar-refractivity contribution in [2.75, 3.05) is 27.4 Å². The van der Waals surface area contributed by atoms with Gasteiger partial charge in [-0.1, -0.05) is 66.7 Å². The quantitative estimate of drug-likeness (QED) is 0.305. The molecule has 0 amide bonds. The van der Waals surface area contributed by atoms with Gasteiger partial charge in [0.05, 0.1) is 20.7 Å². The number of hydrogen-bond donors (Lipinski definition) is 2. The van der Waals surface area contributed by atoms with Gasteiger partial charge in [-0.2, -0.15) is 0 Å². The molecule has 29 heavy (non-hydrogen) atoms. The summed E-state index contributed by atoms with van der Waals surface area (Å²) in [5.74, 6) is 0.826. The first kappa shape index (κ1) is 21.5. The van der Waals surface area contributed by atoms with E-state index >= 15 is 0 Å². The molecule has 154 valence electrons. The van der Waals surface area contributed by atoms with Gasteiger partial charge in [0.15, 0.2) is 6.73 Å². The summed E-state index contributed by atoms with van der Waals surface area (Å²) in [6, 6.07) is 23.9. The van der Waals surface area contributed by atoms with E-state index in [1.807, 2.05) is 86.9 Å². The largest absolute Gasteiger partial charge is 0.493 e. The Balaban J connectivity index is 1.76. The second-order valence-corrected chi connectivity index (χ2v) is 8.81. The van der Waals surface area contributed by atoms with Gasteiger partial charge in [-0.3, -0.25) is 4.48 Å². The van der Waals surface area contributed by atoms with Gasteiger partial charge in [-0.15, -0.1) is 0 Å². The minimum atomic E-state index is -4.54. The third kappa shape index (κ3) is 5.89. The summed E-state index contributed by atoms with van der Waals surface area (Å²) in [4.78, 5) is 18.2. The van der Waals surface area contributed by atoms with Gasteiger partial charge >= 0.3 is 7.82 Å². The first-order valence-corrected chi connectivity index (χ1v) is 11.0. The van der Waals surface area contributed by atoms with E-state index in [1.165, 1.54) is 0 Å². The minimum Gasteiger partial charge on any atom is -0.493 e. The number of fused-ring (bicyclic) bond motifs is 1. The maximum atomic E-state index is 11.2. The zero-order chi connectivity index (χ0) is 20.9. The Morgan fingerprint density at radius 2 is 1.59 bits per heavy atom. The van der Waals surface area contributed by atoms with Crippen LogP contribution >= 0.6 is 7.82 Å². The van der Waals surface area contributed by atoms with Gasteiger partial charge in [0.2, 0.25) is 0 Å². The Kier molecular flexibility index (Phi) is 6.73. The molecule has 0 saturated heterocycles. The summed E-state index contributed by atoms with van der Waals surface area (Å²) in [5.41, 5.74) is 1.06. The van der Waals surface area contributed by atoms with Crippen LogP contribution in [0.4, 0.5) is 0 Å². The predicted molar refractivity (Wildman–Crippen MR) is 113 cm³/mol. The molecule has 6 nitrogen and oxygen atoms in total. The number of rotatable bonds is 9. The highest BCUT2D eigenvalue weighted by atomic mass is 31.2. The summed E-state index contributed by atoms with van der Waals surface area (Å²) >= 11 is 0. The normalized spacial score (nSPS) is 13.4. The van der Waals surface area contributed by atoms with Crippen LogP contribution in [-0.4, -0.2) is 41.7 Å². The van der Waals surface area contributed by atoms with E-state index in [2.05, 4.69) is 0 Å². The van der Waals surface area contributed by atoms with E-state index in [9.17, 15) is 4.57 Å². The molecule has 0 fully saturated rings. The molecule has 0 spiro atoms. The highest BCUT2D eigenvalue weighted by Crippen LogP contribution is 2.38. The highest BCUT2D eigenvalue weighted by molar-refractivity contribution is 7.46. The zero-order valence-electron chi connectivity index (χ0n) is 16.6. The van der Waals surface area contributed by atoms with Crippen LogP contribution in [0.2, 0.25) is 0 Å². The van der Waals surface area contributed by atoms with Crippen molar-refractivity contribution in [1.82, 2.24) is 0 Å². The Morgan fingerprint density at radius 1 is 0.931 bits per heavy atom. The lowest BCUT2D eigenvalue weighted by Gasteiger charge is -2.37. The van der Waals surface area contributed by atoms with Crippen molar-refractivity contribution in [2.24, 2.45) is 0 Å². The first-order valence-electron chi connectivity index (χ1n) is 9.44. The monoisotopic (exact) mass is 416 g/mol. The summed E-state index contributed by atoms with van der Waals surface area (Å²) in [6.07, 6.45) is 0.657. The van der Waals surface area contributed by atoms with Crippen LogP contribution in [0.1, 0.15) is 18.0 Å². The van der Waals surface area contributed by atoms with E-state index in [-0.39, 0.29) is 17.3 Å². The third-order valence-corrected chi connectivity index (χ3v) is 5.44. The third-order valence-electron chi connectivity index (χ3n) is 4.99. The molecular weight excluding hydrogens is 389 g/mol. The number of phosphoric ester groups is 1. The maximum Gasteiger partial charge on any atom is 0.474 e. The number of nitrogens with zero attached hydrogens (tertiary/aromatic N) is 1. The molecular formula is C22H27NO5P+. The fraction of sp³-hybridized carbons (Fsp3) is 0.273. The van der Waals surface area contributed by atoms with Gasteiger partial charge in [-0.25, -0.2) is 9.09 Å². The Morgan fingerprint density at radius 3 is 2.31 bits per heavy atom. The fourth-order valence-electron chi connectivity index (χ4n) is 3.51. The predicted octanol–water partition coefficient (Wildman–Crippen LogP) is 4.49. The molecule has 0 heterocycles. The van der Waals surface area contributed by atoms with Gasteiger partial charge < -0.3 is 14.5 Å². The summed E-state index contributed by atoms with van der Waals surface area (Å²) in [6.45, 7) is 0.350. The average molecular weight is 416 g/mol. The number of quaternary nitrogens is 1. The Labute approximate surface area is 171 Å². The van der Waals surface area contributed by atoms with Crippen molar-refractivity contribution in [2.45, 2.75) is 12.5 Å². The molecule has 0 aromatic heterocycles. The molecule has 1 atom stereocenters.